The number of carbonyl (C=O) groups excluding carboxylic acids is 2. The third kappa shape index (κ3) is 3.39. The van der Waals surface area contributed by atoms with Crippen LogP contribution in [0.2, 0.25) is 0 Å². The Morgan fingerprint density at radius 3 is 2.93 bits per heavy atom. The van der Waals surface area contributed by atoms with Crippen LogP contribution in [-0.4, -0.2) is 38.4 Å². The highest BCUT2D eigenvalue weighted by atomic mass is 32.2. The van der Waals surface area contributed by atoms with Crippen molar-refractivity contribution in [2.45, 2.75) is 36.9 Å². The second-order valence-corrected chi connectivity index (χ2v) is 9.23. The van der Waals surface area contributed by atoms with E-state index in [2.05, 4.69) is 10.3 Å². The molecule has 5 nitrogen and oxygen atoms in total. The van der Waals surface area contributed by atoms with Crippen LogP contribution in [0.25, 0.3) is 11.3 Å². The molecule has 2 saturated heterocycles. The number of benzene rings is 1. The van der Waals surface area contributed by atoms with Crippen molar-refractivity contribution in [2.24, 2.45) is 0 Å². The molecule has 0 bridgehead atoms. The number of halogens is 3. The molecule has 3 heterocycles. The number of nitrogens with zero attached hydrogens (tertiary/aromatic N) is 2. The van der Waals surface area contributed by atoms with Crippen LogP contribution in [0.3, 0.4) is 0 Å². The van der Waals surface area contributed by atoms with Gasteiger partial charge in [0.05, 0.1) is 16.1 Å². The van der Waals surface area contributed by atoms with Crippen molar-refractivity contribution in [3.05, 3.63) is 35.2 Å². The molecule has 1 aromatic carbocycles. The smallest absolute Gasteiger partial charge is 0.315 e. The Bertz CT molecular complexity index is 946. The van der Waals surface area contributed by atoms with E-state index >= 15 is 0 Å². The third-order valence-corrected chi connectivity index (χ3v) is 7.23. The molecule has 0 spiro atoms. The summed E-state index contributed by atoms with van der Waals surface area (Å²) in [6, 6.07) is 4.33. The largest absolute Gasteiger partial charge is 0.416 e. The lowest BCUT2D eigenvalue weighted by atomic mass is 10.1. The van der Waals surface area contributed by atoms with E-state index in [4.69, 9.17) is 0 Å². The number of fused-ring (bicyclic) bond motifs is 1. The number of anilines is 1. The Morgan fingerprint density at radius 1 is 1.39 bits per heavy atom. The maximum atomic E-state index is 12.9. The molecule has 2 aliphatic heterocycles. The number of nitrogens with one attached hydrogen (secondary N) is 1. The maximum Gasteiger partial charge on any atom is 0.416 e. The molecule has 2 fully saturated rings. The number of hydrogen-bond acceptors (Lipinski definition) is 5. The van der Waals surface area contributed by atoms with Gasteiger partial charge in [0, 0.05) is 23.1 Å². The van der Waals surface area contributed by atoms with Crippen LogP contribution in [0.1, 0.15) is 25.3 Å². The lowest BCUT2D eigenvalue weighted by Gasteiger charge is -2.29. The molecule has 0 unspecified atom stereocenters. The summed E-state index contributed by atoms with van der Waals surface area (Å²) < 4.78 is 38.7. The predicted molar refractivity (Wildman–Crippen MR) is 102 cm³/mol. The highest BCUT2D eigenvalue weighted by Gasteiger charge is 2.52. The maximum absolute atomic E-state index is 12.9. The molecule has 2 aromatic rings. The molecule has 10 heteroatoms. The van der Waals surface area contributed by atoms with Crippen molar-refractivity contribution in [1.29, 1.82) is 0 Å². The molecule has 0 radical (unpaired) electrons. The van der Waals surface area contributed by atoms with Crippen LogP contribution in [0.15, 0.2) is 29.6 Å². The Labute approximate surface area is 167 Å². The average Bonchev–Trinajstić information content (AvgIpc) is 3.31. The summed E-state index contributed by atoms with van der Waals surface area (Å²) in [5.74, 6) is 0.160. The van der Waals surface area contributed by atoms with E-state index in [-0.39, 0.29) is 16.7 Å². The quantitative estimate of drug-likeness (QED) is 0.797. The van der Waals surface area contributed by atoms with Crippen molar-refractivity contribution in [3.63, 3.8) is 0 Å². The van der Waals surface area contributed by atoms with Crippen LogP contribution in [-0.2, 0) is 15.8 Å². The van der Waals surface area contributed by atoms with Crippen molar-refractivity contribution < 1.29 is 22.8 Å². The lowest BCUT2D eigenvalue weighted by molar-refractivity contribution is -0.137. The topological polar surface area (TPSA) is 62.3 Å². The molecule has 0 aliphatic carbocycles. The van der Waals surface area contributed by atoms with Crippen LogP contribution in [0, 0.1) is 0 Å². The minimum atomic E-state index is -4.43. The van der Waals surface area contributed by atoms with Gasteiger partial charge in [0.2, 0.25) is 11.8 Å². The molecule has 2 amide bonds. The number of thiazole rings is 1. The first-order valence-corrected chi connectivity index (χ1v) is 10.4. The van der Waals surface area contributed by atoms with Gasteiger partial charge in [-0.25, -0.2) is 4.98 Å². The molecule has 28 heavy (non-hydrogen) atoms. The fraction of sp³-hybridized carbons (Fsp3) is 0.389. The molecule has 0 saturated carbocycles. The van der Waals surface area contributed by atoms with Gasteiger partial charge < -0.3 is 10.2 Å². The van der Waals surface area contributed by atoms with Crippen LogP contribution < -0.4 is 5.32 Å². The average molecular weight is 427 g/mol. The second-order valence-electron chi connectivity index (χ2n) is 6.87. The second kappa shape index (κ2) is 6.77. The summed E-state index contributed by atoms with van der Waals surface area (Å²) in [5.41, 5.74) is -0.0713. The number of aromatic nitrogens is 1. The number of thioether (sulfide) groups is 1. The van der Waals surface area contributed by atoms with Gasteiger partial charge in [-0.1, -0.05) is 12.1 Å². The van der Waals surface area contributed by atoms with Gasteiger partial charge in [0.15, 0.2) is 5.13 Å². The first-order chi connectivity index (χ1) is 13.2. The fourth-order valence-corrected chi connectivity index (χ4v) is 5.68. The van der Waals surface area contributed by atoms with Gasteiger partial charge in [-0.05, 0) is 25.5 Å². The fourth-order valence-electron chi connectivity index (χ4n) is 3.52. The number of amides is 2. The summed E-state index contributed by atoms with van der Waals surface area (Å²) >= 11 is 2.73. The van der Waals surface area contributed by atoms with Gasteiger partial charge >= 0.3 is 6.18 Å². The Kier molecular flexibility index (Phi) is 4.65. The van der Waals surface area contributed by atoms with Crippen LogP contribution in [0.4, 0.5) is 18.3 Å². The normalized spacial score (nSPS) is 24.5. The zero-order chi connectivity index (χ0) is 20.1. The molecule has 2 atom stereocenters. The van der Waals surface area contributed by atoms with E-state index in [1.54, 1.807) is 22.0 Å². The number of rotatable bonds is 3. The monoisotopic (exact) mass is 427 g/mol. The van der Waals surface area contributed by atoms with Crippen LogP contribution in [0.5, 0.6) is 0 Å². The molecule has 1 N–H and O–H groups in total. The van der Waals surface area contributed by atoms with Gasteiger partial charge in [-0.2, -0.15) is 13.2 Å². The first-order valence-electron chi connectivity index (χ1n) is 8.57. The summed E-state index contributed by atoms with van der Waals surface area (Å²) in [4.78, 5) is 30.4. The first kappa shape index (κ1) is 19.3. The molecular formula is C18H16F3N3O2S2. The van der Waals surface area contributed by atoms with Gasteiger partial charge in [0.25, 0.3) is 0 Å². The van der Waals surface area contributed by atoms with Crippen molar-refractivity contribution in [3.8, 4) is 11.3 Å². The Morgan fingerprint density at radius 2 is 2.18 bits per heavy atom. The molecular weight excluding hydrogens is 411 g/mol. The van der Waals surface area contributed by atoms with E-state index in [1.165, 1.54) is 12.1 Å². The summed E-state index contributed by atoms with van der Waals surface area (Å²) in [6.45, 7) is 1.96. The third-order valence-electron chi connectivity index (χ3n) is 4.97. The van der Waals surface area contributed by atoms with Crippen molar-refractivity contribution >= 4 is 40.0 Å². The van der Waals surface area contributed by atoms with Gasteiger partial charge in [0.1, 0.15) is 6.04 Å². The van der Waals surface area contributed by atoms with E-state index in [9.17, 15) is 22.8 Å². The standard InChI is InChI=1S/C18H16F3N3O2S2/c1-17-6-5-14(25)24(17)13(9-28-17)15(26)23-16-22-12(8-27-16)10-3-2-4-11(7-10)18(19,20)21/h2-4,7-8,13H,5-6,9H2,1H3,(H,22,23,26)/t13-,17-/m0/s1. The molecule has 1 aromatic heterocycles. The highest BCUT2D eigenvalue weighted by molar-refractivity contribution is 8.01. The lowest BCUT2D eigenvalue weighted by Crippen LogP contribution is -2.48. The van der Waals surface area contributed by atoms with E-state index < -0.39 is 17.8 Å². The van der Waals surface area contributed by atoms with E-state index in [0.717, 1.165) is 29.9 Å². The number of alkyl halides is 3. The summed E-state index contributed by atoms with van der Waals surface area (Å²) in [5, 5.41) is 4.60. The SMILES string of the molecule is C[C@]12CCC(=O)N1[C@H](C(=O)Nc1nc(-c3cccc(C(F)(F)F)c3)cs1)CS2. The molecule has 148 valence electrons. The van der Waals surface area contributed by atoms with Gasteiger partial charge in [-0.15, -0.1) is 23.1 Å². The number of hydrogen-bond donors (Lipinski definition) is 1. The zero-order valence-electron chi connectivity index (χ0n) is 14.7. The minimum absolute atomic E-state index is 0.0311. The Balaban J connectivity index is 1.50. The van der Waals surface area contributed by atoms with Crippen molar-refractivity contribution in [1.82, 2.24) is 9.88 Å². The van der Waals surface area contributed by atoms with Crippen LogP contribution >= 0.6 is 23.1 Å². The molecule has 2 aliphatic rings. The summed E-state index contributed by atoms with van der Waals surface area (Å²) in [6.07, 6.45) is -3.28. The van der Waals surface area contributed by atoms with E-state index in [0.29, 0.717) is 28.6 Å². The minimum Gasteiger partial charge on any atom is -0.315 e. The predicted octanol–water partition coefficient (Wildman–Crippen LogP) is 4.22. The molecule has 4 rings (SSSR count). The number of carbonyl (C=O) groups is 2. The Hall–Kier alpha value is -2.07. The van der Waals surface area contributed by atoms with E-state index in [1.807, 2.05) is 6.92 Å². The highest BCUT2D eigenvalue weighted by Crippen LogP contribution is 2.47. The van der Waals surface area contributed by atoms with Crippen molar-refractivity contribution in [2.75, 3.05) is 11.1 Å². The summed E-state index contributed by atoms with van der Waals surface area (Å²) in [7, 11) is 0. The van der Waals surface area contributed by atoms with Gasteiger partial charge in [-0.3, -0.25) is 9.59 Å². The zero-order valence-corrected chi connectivity index (χ0v) is 16.4.